The summed E-state index contributed by atoms with van der Waals surface area (Å²) in [7, 11) is 0. The Morgan fingerprint density at radius 3 is 2.83 bits per heavy atom. The van der Waals surface area contributed by atoms with Crippen LogP contribution >= 0.6 is 0 Å². The van der Waals surface area contributed by atoms with Crippen LogP contribution in [0, 0.1) is 0 Å². The van der Waals surface area contributed by atoms with Crippen molar-refractivity contribution in [1.29, 1.82) is 0 Å². The third-order valence-electron chi connectivity index (χ3n) is 1.94. The maximum atomic E-state index is 11.0. The molecule has 0 radical (unpaired) electrons. The number of amides is 2. The maximum Gasteiger partial charge on any atom is 0.326 e. The van der Waals surface area contributed by atoms with Gasteiger partial charge in [-0.15, -0.1) is 0 Å². The second kappa shape index (κ2) is 3.42. The summed E-state index contributed by atoms with van der Waals surface area (Å²) in [4.78, 5) is 23.0. The number of carboxylic acids is 1. The molecular weight excluding hydrogens is 160 g/mol. The molecule has 1 fully saturated rings. The molecule has 2 amide bonds. The Hall–Kier alpha value is -1.26. The molecular formula is C7H12N2O3. The fourth-order valence-electron chi connectivity index (χ4n) is 1.31. The number of carboxylic acid groups (broad SMARTS) is 1. The Balaban J connectivity index is 2.65. The van der Waals surface area contributed by atoms with Gasteiger partial charge >= 0.3 is 12.0 Å². The van der Waals surface area contributed by atoms with Gasteiger partial charge in [0.1, 0.15) is 6.04 Å². The Kier molecular flexibility index (Phi) is 2.52. The number of urea groups is 1. The molecule has 0 aliphatic carbocycles. The quantitative estimate of drug-likeness (QED) is 0.623. The second-order valence-electron chi connectivity index (χ2n) is 2.69. The van der Waals surface area contributed by atoms with Crippen molar-refractivity contribution in [1.82, 2.24) is 10.2 Å². The fraction of sp³-hybridized carbons (Fsp3) is 0.714. The molecule has 0 aromatic carbocycles. The van der Waals surface area contributed by atoms with E-state index in [1.54, 1.807) is 6.92 Å². The standard InChI is InChI=1S/C7H12N2O3/c1-2-5(6(10)11)9-4-3-8-7(9)12/h5H,2-4H2,1H3,(H,8,12)(H,10,11). The summed E-state index contributed by atoms with van der Waals surface area (Å²) in [6.07, 6.45) is 0.447. The summed E-state index contributed by atoms with van der Waals surface area (Å²) in [5.74, 6) is -0.936. The summed E-state index contributed by atoms with van der Waals surface area (Å²) in [6.45, 7) is 2.79. The monoisotopic (exact) mass is 172 g/mol. The number of aliphatic carboxylic acids is 1. The number of rotatable bonds is 3. The SMILES string of the molecule is CCC(C(=O)O)N1CCNC1=O. The molecule has 0 spiro atoms. The molecule has 1 aliphatic heterocycles. The summed E-state index contributed by atoms with van der Waals surface area (Å²) in [5.41, 5.74) is 0. The predicted octanol–water partition coefficient (Wildman–Crippen LogP) is -0.125. The minimum Gasteiger partial charge on any atom is -0.480 e. The first-order valence-electron chi connectivity index (χ1n) is 3.94. The number of hydrogen-bond acceptors (Lipinski definition) is 2. The van der Waals surface area contributed by atoms with Crippen LogP contribution < -0.4 is 5.32 Å². The number of nitrogens with zero attached hydrogens (tertiary/aromatic N) is 1. The van der Waals surface area contributed by atoms with Crippen molar-refractivity contribution in [3.8, 4) is 0 Å². The van der Waals surface area contributed by atoms with Crippen molar-refractivity contribution in [2.45, 2.75) is 19.4 Å². The molecule has 5 nitrogen and oxygen atoms in total. The molecule has 0 aromatic rings. The molecule has 0 aromatic heterocycles. The first-order chi connectivity index (χ1) is 5.66. The van der Waals surface area contributed by atoms with Crippen LogP contribution in [0.25, 0.3) is 0 Å². The van der Waals surface area contributed by atoms with Gasteiger partial charge < -0.3 is 15.3 Å². The van der Waals surface area contributed by atoms with E-state index < -0.39 is 12.0 Å². The molecule has 12 heavy (non-hydrogen) atoms. The van der Waals surface area contributed by atoms with Crippen LogP contribution in [-0.4, -0.2) is 41.1 Å². The molecule has 1 unspecified atom stereocenters. The summed E-state index contributed by atoms with van der Waals surface area (Å²) < 4.78 is 0. The van der Waals surface area contributed by atoms with E-state index in [0.29, 0.717) is 19.5 Å². The number of carbonyl (C=O) groups excluding carboxylic acids is 1. The van der Waals surface area contributed by atoms with Crippen LogP contribution in [0.15, 0.2) is 0 Å². The van der Waals surface area contributed by atoms with E-state index in [0.717, 1.165) is 0 Å². The molecule has 1 heterocycles. The average Bonchev–Trinajstić information content (AvgIpc) is 2.38. The van der Waals surface area contributed by atoms with Crippen LogP contribution in [0.2, 0.25) is 0 Å². The third kappa shape index (κ3) is 1.49. The van der Waals surface area contributed by atoms with Gasteiger partial charge in [0.05, 0.1) is 0 Å². The Morgan fingerprint density at radius 2 is 2.50 bits per heavy atom. The molecule has 0 bridgehead atoms. The van der Waals surface area contributed by atoms with Crippen LogP contribution in [0.3, 0.4) is 0 Å². The molecule has 0 saturated carbocycles. The molecule has 5 heteroatoms. The van der Waals surface area contributed by atoms with Gasteiger partial charge in [0, 0.05) is 13.1 Å². The second-order valence-corrected chi connectivity index (χ2v) is 2.69. The van der Waals surface area contributed by atoms with Crippen LogP contribution in [0.1, 0.15) is 13.3 Å². The lowest BCUT2D eigenvalue weighted by Crippen LogP contribution is -2.42. The topological polar surface area (TPSA) is 69.6 Å². The fourth-order valence-corrected chi connectivity index (χ4v) is 1.31. The number of carbonyl (C=O) groups is 2. The lowest BCUT2D eigenvalue weighted by molar-refractivity contribution is -0.142. The Morgan fingerprint density at radius 1 is 1.83 bits per heavy atom. The molecule has 2 N–H and O–H groups in total. The van der Waals surface area contributed by atoms with Gasteiger partial charge in [-0.1, -0.05) is 6.92 Å². The van der Waals surface area contributed by atoms with Crippen molar-refractivity contribution in [2.24, 2.45) is 0 Å². The van der Waals surface area contributed by atoms with E-state index in [-0.39, 0.29) is 6.03 Å². The largest absolute Gasteiger partial charge is 0.480 e. The van der Waals surface area contributed by atoms with Gasteiger partial charge in [0.25, 0.3) is 0 Å². The zero-order chi connectivity index (χ0) is 9.14. The molecule has 1 aliphatic rings. The van der Waals surface area contributed by atoms with Crippen LogP contribution in [0.5, 0.6) is 0 Å². The average molecular weight is 172 g/mol. The first-order valence-corrected chi connectivity index (χ1v) is 3.94. The van der Waals surface area contributed by atoms with Crippen molar-refractivity contribution >= 4 is 12.0 Å². The number of hydrogen-bond donors (Lipinski definition) is 2. The summed E-state index contributed by atoms with van der Waals surface area (Å²) >= 11 is 0. The lowest BCUT2D eigenvalue weighted by Gasteiger charge is -2.21. The first kappa shape index (κ1) is 8.83. The highest BCUT2D eigenvalue weighted by atomic mass is 16.4. The highest BCUT2D eigenvalue weighted by molar-refractivity contribution is 5.83. The van der Waals surface area contributed by atoms with Crippen molar-refractivity contribution < 1.29 is 14.7 Å². The van der Waals surface area contributed by atoms with E-state index >= 15 is 0 Å². The van der Waals surface area contributed by atoms with Crippen molar-refractivity contribution in [3.63, 3.8) is 0 Å². The molecule has 1 atom stereocenters. The minimum atomic E-state index is -0.936. The molecule has 68 valence electrons. The molecule has 1 rings (SSSR count). The summed E-state index contributed by atoms with van der Waals surface area (Å²) in [5, 5.41) is 11.3. The van der Waals surface area contributed by atoms with Gasteiger partial charge in [-0.3, -0.25) is 0 Å². The Bertz CT molecular complexity index is 205. The maximum absolute atomic E-state index is 11.0. The lowest BCUT2D eigenvalue weighted by atomic mass is 10.2. The van der Waals surface area contributed by atoms with E-state index in [9.17, 15) is 9.59 Å². The van der Waals surface area contributed by atoms with Crippen molar-refractivity contribution in [3.05, 3.63) is 0 Å². The zero-order valence-electron chi connectivity index (χ0n) is 6.91. The highest BCUT2D eigenvalue weighted by Crippen LogP contribution is 2.07. The van der Waals surface area contributed by atoms with E-state index in [2.05, 4.69) is 5.32 Å². The third-order valence-corrected chi connectivity index (χ3v) is 1.94. The smallest absolute Gasteiger partial charge is 0.326 e. The van der Waals surface area contributed by atoms with Gasteiger partial charge in [-0.2, -0.15) is 0 Å². The van der Waals surface area contributed by atoms with Gasteiger partial charge in [-0.05, 0) is 6.42 Å². The summed E-state index contributed by atoms with van der Waals surface area (Å²) in [6, 6.07) is -0.947. The minimum absolute atomic E-state index is 0.274. The van der Waals surface area contributed by atoms with E-state index in [4.69, 9.17) is 5.11 Å². The van der Waals surface area contributed by atoms with Crippen LogP contribution in [-0.2, 0) is 4.79 Å². The number of nitrogens with one attached hydrogen (secondary N) is 1. The van der Waals surface area contributed by atoms with Gasteiger partial charge in [-0.25, -0.2) is 9.59 Å². The Labute approximate surface area is 70.4 Å². The predicted molar refractivity (Wildman–Crippen MR) is 41.8 cm³/mol. The molecule has 1 saturated heterocycles. The van der Waals surface area contributed by atoms with Crippen LogP contribution in [0.4, 0.5) is 4.79 Å². The van der Waals surface area contributed by atoms with Gasteiger partial charge in [0.2, 0.25) is 0 Å². The van der Waals surface area contributed by atoms with Crippen molar-refractivity contribution in [2.75, 3.05) is 13.1 Å². The van der Waals surface area contributed by atoms with Gasteiger partial charge in [0.15, 0.2) is 0 Å². The van der Waals surface area contributed by atoms with E-state index in [1.165, 1.54) is 4.90 Å². The highest BCUT2D eigenvalue weighted by Gasteiger charge is 2.30. The normalized spacial score (nSPS) is 19.1. The zero-order valence-corrected chi connectivity index (χ0v) is 6.91. The van der Waals surface area contributed by atoms with E-state index in [1.807, 2.05) is 0 Å².